The molecule has 0 fully saturated rings. The highest BCUT2D eigenvalue weighted by Gasteiger charge is 2.22. The molecule has 0 bridgehead atoms. The number of carbonyl (C=O) groups excluding carboxylic acids is 2. The van der Waals surface area contributed by atoms with E-state index in [1.165, 1.54) is 102 Å². The summed E-state index contributed by atoms with van der Waals surface area (Å²) >= 11 is 0. The third-order valence-corrected chi connectivity index (χ3v) is 13.2. The fraction of sp³-hybridized carbons (Fsp3) is 0.365. The first kappa shape index (κ1) is 54.3. The van der Waals surface area contributed by atoms with Crippen LogP contribution >= 0.6 is 0 Å². The third kappa shape index (κ3) is 16.8. The normalized spacial score (nSPS) is 11.2. The summed E-state index contributed by atoms with van der Waals surface area (Å²) in [5, 5.41) is 12.2. The molecule has 0 heterocycles. The van der Waals surface area contributed by atoms with Crippen molar-refractivity contribution in [1.29, 1.82) is 0 Å². The Morgan fingerprint density at radius 2 is 0.819 bits per heavy atom. The van der Waals surface area contributed by atoms with E-state index in [1.54, 1.807) is 43.3 Å². The van der Waals surface area contributed by atoms with Gasteiger partial charge in [0.25, 0.3) is 0 Å². The van der Waals surface area contributed by atoms with Gasteiger partial charge in [0.2, 0.25) is 5.75 Å². The van der Waals surface area contributed by atoms with Gasteiger partial charge in [-0.15, -0.1) is 0 Å². The van der Waals surface area contributed by atoms with Gasteiger partial charge in [-0.3, -0.25) is 10.1 Å². The molecule has 0 saturated heterocycles. The van der Waals surface area contributed by atoms with Crippen molar-refractivity contribution in [1.82, 2.24) is 0 Å². The van der Waals surface area contributed by atoms with Crippen molar-refractivity contribution in [2.24, 2.45) is 0 Å². The van der Waals surface area contributed by atoms with E-state index < -0.39 is 16.9 Å². The van der Waals surface area contributed by atoms with Gasteiger partial charge in [0.15, 0.2) is 0 Å². The summed E-state index contributed by atoms with van der Waals surface area (Å²) in [5.74, 6) is 0.605. The summed E-state index contributed by atoms with van der Waals surface area (Å²) < 4.78 is 23.7. The Kier molecular flexibility index (Phi) is 21.7. The minimum absolute atomic E-state index is 0.185. The van der Waals surface area contributed by atoms with Crippen molar-refractivity contribution in [2.75, 3.05) is 13.2 Å². The van der Waals surface area contributed by atoms with Gasteiger partial charge in [-0.1, -0.05) is 164 Å². The molecule has 9 heteroatoms. The summed E-state index contributed by atoms with van der Waals surface area (Å²) in [7, 11) is 0. The number of nitro benzene ring substituents is 1. The summed E-state index contributed by atoms with van der Waals surface area (Å²) in [6.07, 6.45) is 23.6. The number of ether oxygens (including phenoxy) is 4. The molecule has 72 heavy (non-hydrogen) atoms. The summed E-state index contributed by atoms with van der Waals surface area (Å²) in [4.78, 5) is 38.7. The SMILES string of the molecule is CCCCCCCCCCOc1ccc(-c2ccc(C(=O)Oc3cc(C)c(C)cc3/C=C/c3cc(OC(=O)c4ccc(-c5ccc(OCCCCCCCCCC)cc5)cc4)c([N+](=O)[O-])cc3C)cc2)cc1. The van der Waals surface area contributed by atoms with Crippen LogP contribution < -0.4 is 18.9 Å². The van der Waals surface area contributed by atoms with E-state index in [-0.39, 0.29) is 17.0 Å². The molecule has 6 aromatic rings. The van der Waals surface area contributed by atoms with Crippen molar-refractivity contribution in [3.05, 3.63) is 170 Å². The van der Waals surface area contributed by atoms with E-state index in [4.69, 9.17) is 18.9 Å². The number of hydrogen-bond acceptors (Lipinski definition) is 8. The number of hydrogen-bond donors (Lipinski definition) is 0. The Hall–Kier alpha value is -7.00. The number of carbonyl (C=O) groups is 2. The van der Waals surface area contributed by atoms with Crippen LogP contribution in [0.25, 0.3) is 34.4 Å². The molecule has 0 unspecified atom stereocenters. The molecular weight excluding hydrogens is 899 g/mol. The average Bonchev–Trinajstić information content (AvgIpc) is 3.39. The number of nitrogens with zero attached hydrogens (tertiary/aromatic N) is 1. The molecular formula is C63H73NO8. The summed E-state index contributed by atoms with van der Waals surface area (Å²) in [5.41, 5.74) is 7.88. The van der Waals surface area contributed by atoms with Gasteiger partial charge in [0.05, 0.1) is 29.3 Å². The first-order valence-electron chi connectivity index (χ1n) is 26.2. The lowest BCUT2D eigenvalue weighted by atomic mass is 10.0. The maximum absolute atomic E-state index is 13.6. The van der Waals surface area contributed by atoms with Crippen LogP contribution in [0, 0.1) is 30.9 Å². The highest BCUT2D eigenvalue weighted by Crippen LogP contribution is 2.34. The second-order valence-corrected chi connectivity index (χ2v) is 18.9. The zero-order valence-corrected chi connectivity index (χ0v) is 43.1. The Labute approximate surface area is 427 Å². The summed E-state index contributed by atoms with van der Waals surface area (Å²) in [6, 6.07) is 36.8. The molecule has 6 aromatic carbocycles. The van der Waals surface area contributed by atoms with Crippen molar-refractivity contribution in [3.8, 4) is 45.3 Å². The van der Waals surface area contributed by atoms with Crippen LogP contribution in [-0.4, -0.2) is 30.1 Å². The smallest absolute Gasteiger partial charge is 0.343 e. The van der Waals surface area contributed by atoms with Gasteiger partial charge in [-0.05, 0) is 145 Å². The van der Waals surface area contributed by atoms with E-state index >= 15 is 0 Å². The lowest BCUT2D eigenvalue weighted by Crippen LogP contribution is -2.10. The molecule has 0 saturated carbocycles. The minimum atomic E-state index is -0.725. The van der Waals surface area contributed by atoms with Crippen LogP contribution in [0.3, 0.4) is 0 Å². The predicted octanol–water partition coefficient (Wildman–Crippen LogP) is 17.5. The molecule has 0 aromatic heterocycles. The third-order valence-electron chi connectivity index (χ3n) is 13.2. The second kappa shape index (κ2) is 28.7. The molecule has 0 aliphatic carbocycles. The van der Waals surface area contributed by atoms with Crippen molar-refractivity contribution >= 4 is 29.8 Å². The van der Waals surface area contributed by atoms with E-state index in [2.05, 4.69) is 13.8 Å². The molecule has 0 amide bonds. The van der Waals surface area contributed by atoms with E-state index in [1.807, 2.05) is 98.8 Å². The molecule has 0 radical (unpaired) electrons. The van der Waals surface area contributed by atoms with Crippen LogP contribution in [0.1, 0.15) is 165 Å². The predicted molar refractivity (Wildman–Crippen MR) is 293 cm³/mol. The lowest BCUT2D eigenvalue weighted by Gasteiger charge is -2.12. The van der Waals surface area contributed by atoms with Crippen molar-refractivity contribution < 1.29 is 33.5 Å². The van der Waals surface area contributed by atoms with E-state index in [9.17, 15) is 19.7 Å². The first-order valence-corrected chi connectivity index (χ1v) is 26.2. The molecule has 0 spiro atoms. The van der Waals surface area contributed by atoms with E-state index in [0.29, 0.717) is 41.2 Å². The summed E-state index contributed by atoms with van der Waals surface area (Å²) in [6.45, 7) is 11.6. The van der Waals surface area contributed by atoms with Crippen molar-refractivity contribution in [2.45, 2.75) is 137 Å². The largest absolute Gasteiger partial charge is 0.494 e. The quantitative estimate of drug-likeness (QED) is 0.0114. The van der Waals surface area contributed by atoms with Crippen molar-refractivity contribution in [3.63, 3.8) is 0 Å². The van der Waals surface area contributed by atoms with Crippen LogP contribution in [0.2, 0.25) is 0 Å². The Morgan fingerprint density at radius 3 is 1.25 bits per heavy atom. The van der Waals surface area contributed by atoms with Gasteiger partial charge in [0.1, 0.15) is 17.2 Å². The van der Waals surface area contributed by atoms with Crippen LogP contribution in [0.5, 0.6) is 23.0 Å². The average molecular weight is 972 g/mol. The first-order chi connectivity index (χ1) is 35.0. The Balaban J connectivity index is 1.05. The molecule has 378 valence electrons. The highest BCUT2D eigenvalue weighted by atomic mass is 16.6. The number of rotatable bonds is 29. The van der Waals surface area contributed by atoms with Gasteiger partial charge in [0, 0.05) is 11.6 Å². The zero-order valence-electron chi connectivity index (χ0n) is 43.1. The maximum atomic E-state index is 13.6. The molecule has 9 nitrogen and oxygen atoms in total. The second-order valence-electron chi connectivity index (χ2n) is 18.9. The zero-order chi connectivity index (χ0) is 51.1. The fourth-order valence-corrected chi connectivity index (χ4v) is 8.56. The number of aryl methyl sites for hydroxylation is 3. The van der Waals surface area contributed by atoms with Crippen LogP contribution in [0.4, 0.5) is 5.69 Å². The number of unbranched alkanes of at least 4 members (excludes halogenated alkanes) is 14. The van der Waals surface area contributed by atoms with Gasteiger partial charge in [-0.2, -0.15) is 0 Å². The Morgan fingerprint density at radius 1 is 0.444 bits per heavy atom. The maximum Gasteiger partial charge on any atom is 0.343 e. The van der Waals surface area contributed by atoms with Crippen LogP contribution in [0.15, 0.2) is 121 Å². The van der Waals surface area contributed by atoms with Crippen LogP contribution in [-0.2, 0) is 0 Å². The standard InChI is InChI=1S/C63H73NO8/c1-6-8-10-12-14-16-18-20-40-69-57-36-32-51(33-37-57)49-22-26-53(27-23-49)62(65)71-60-44-47(4)46(3)42-56(60)31-30-55-45-61(59(64(67)68)43-48(55)5)72-63(66)54-28-24-50(25-29-54)52-34-38-58(39-35-52)70-41-21-19-17-15-13-11-9-7-2/h22-39,42-45H,6-21,40-41H2,1-5H3/b31-30+. The molecule has 0 atom stereocenters. The Bertz CT molecular complexity index is 2690. The van der Waals surface area contributed by atoms with E-state index in [0.717, 1.165) is 57.7 Å². The molecule has 0 N–H and O–H groups in total. The molecule has 0 aliphatic heterocycles. The molecule has 0 aliphatic rings. The van der Waals surface area contributed by atoms with Gasteiger partial charge >= 0.3 is 17.6 Å². The minimum Gasteiger partial charge on any atom is -0.494 e. The monoisotopic (exact) mass is 972 g/mol. The topological polar surface area (TPSA) is 114 Å². The number of nitro groups is 1. The highest BCUT2D eigenvalue weighted by molar-refractivity contribution is 5.93. The molecule has 6 rings (SSSR count). The lowest BCUT2D eigenvalue weighted by molar-refractivity contribution is -0.385. The number of benzene rings is 6. The fourth-order valence-electron chi connectivity index (χ4n) is 8.56. The number of esters is 2. The van der Waals surface area contributed by atoms with Gasteiger partial charge in [-0.25, -0.2) is 9.59 Å². The van der Waals surface area contributed by atoms with Gasteiger partial charge < -0.3 is 18.9 Å².